The van der Waals surface area contributed by atoms with Crippen molar-refractivity contribution in [2.45, 2.75) is 24.8 Å². The summed E-state index contributed by atoms with van der Waals surface area (Å²) in [7, 11) is -1.76. The zero-order chi connectivity index (χ0) is 24.6. The van der Waals surface area contributed by atoms with Crippen LogP contribution in [-0.2, 0) is 26.9 Å². The lowest BCUT2D eigenvalue weighted by Gasteiger charge is -2.20. The molecule has 0 spiro atoms. The standard InChI is InChI=1S/C25H24N4O5S/c1-33-18-11-9-17(10-12-18)20-14-22(23-8-5-13-34-23)29(27-20)25(30)15-28-21-7-4-3-6-19(21)26-24(28)16-35(2,31)32/h3-13,22H,14-16H2,1-2H3. The minimum atomic E-state index is -3.36. The Morgan fingerprint density at radius 3 is 2.57 bits per heavy atom. The number of hydrazone groups is 1. The van der Waals surface area contributed by atoms with E-state index in [1.807, 2.05) is 48.5 Å². The number of fused-ring (bicyclic) bond motifs is 1. The van der Waals surface area contributed by atoms with Crippen molar-refractivity contribution >= 4 is 32.5 Å². The Hall–Kier alpha value is -3.92. The summed E-state index contributed by atoms with van der Waals surface area (Å²) in [4.78, 5) is 18.1. The van der Waals surface area contributed by atoms with Crippen molar-refractivity contribution in [1.29, 1.82) is 0 Å². The van der Waals surface area contributed by atoms with E-state index in [4.69, 9.17) is 9.15 Å². The van der Waals surface area contributed by atoms with Crippen molar-refractivity contribution in [1.82, 2.24) is 14.6 Å². The second-order valence-electron chi connectivity index (χ2n) is 8.42. The molecule has 0 saturated heterocycles. The predicted molar refractivity (Wildman–Crippen MR) is 131 cm³/mol. The Kier molecular flexibility index (Phi) is 5.89. The molecule has 0 radical (unpaired) electrons. The molecule has 9 nitrogen and oxygen atoms in total. The van der Waals surface area contributed by atoms with E-state index in [0.717, 1.165) is 23.3 Å². The number of aromatic nitrogens is 2. The Balaban J connectivity index is 1.50. The van der Waals surface area contributed by atoms with E-state index in [1.165, 1.54) is 5.01 Å². The summed E-state index contributed by atoms with van der Waals surface area (Å²) in [5.41, 5.74) is 2.94. The van der Waals surface area contributed by atoms with Crippen LogP contribution < -0.4 is 4.74 Å². The van der Waals surface area contributed by atoms with E-state index >= 15 is 0 Å². The molecule has 1 amide bonds. The fourth-order valence-electron chi connectivity index (χ4n) is 4.25. The molecule has 1 aliphatic heterocycles. The van der Waals surface area contributed by atoms with E-state index in [2.05, 4.69) is 10.1 Å². The molecule has 1 atom stereocenters. The number of methoxy groups -OCH3 is 1. The summed E-state index contributed by atoms with van der Waals surface area (Å²) >= 11 is 0. The summed E-state index contributed by atoms with van der Waals surface area (Å²) in [5, 5.41) is 6.09. The summed E-state index contributed by atoms with van der Waals surface area (Å²) in [5.74, 6) is 1.10. The Labute approximate surface area is 202 Å². The number of imidazole rings is 1. The van der Waals surface area contributed by atoms with E-state index in [0.29, 0.717) is 29.0 Å². The Morgan fingerprint density at radius 2 is 1.89 bits per heavy atom. The van der Waals surface area contributed by atoms with Gasteiger partial charge in [0.05, 0.1) is 30.1 Å². The lowest BCUT2D eigenvalue weighted by molar-refractivity contribution is -0.134. The number of rotatable bonds is 7. The maximum absolute atomic E-state index is 13.6. The maximum Gasteiger partial charge on any atom is 0.263 e. The second-order valence-corrected chi connectivity index (χ2v) is 10.6. The number of nitrogens with zero attached hydrogens (tertiary/aromatic N) is 4. The topological polar surface area (TPSA) is 107 Å². The van der Waals surface area contributed by atoms with Gasteiger partial charge in [0.1, 0.15) is 35.7 Å². The largest absolute Gasteiger partial charge is 0.497 e. The first kappa shape index (κ1) is 22.9. The predicted octanol–water partition coefficient (Wildman–Crippen LogP) is 3.56. The van der Waals surface area contributed by atoms with Crippen LogP contribution in [0.2, 0.25) is 0 Å². The first-order chi connectivity index (χ1) is 16.8. The molecular formula is C25H24N4O5S. The van der Waals surface area contributed by atoms with Crippen molar-refractivity contribution in [2.75, 3.05) is 13.4 Å². The van der Waals surface area contributed by atoms with Gasteiger partial charge in [0.2, 0.25) is 0 Å². The van der Waals surface area contributed by atoms with Gasteiger partial charge in [0, 0.05) is 12.7 Å². The van der Waals surface area contributed by atoms with Gasteiger partial charge in [-0.05, 0) is 54.1 Å². The fourth-order valence-corrected chi connectivity index (χ4v) is 4.94. The summed E-state index contributed by atoms with van der Waals surface area (Å²) in [6, 6.07) is 17.9. The maximum atomic E-state index is 13.6. The van der Waals surface area contributed by atoms with Crippen molar-refractivity contribution in [2.24, 2.45) is 5.10 Å². The van der Waals surface area contributed by atoms with Gasteiger partial charge in [0.25, 0.3) is 5.91 Å². The lowest BCUT2D eigenvalue weighted by atomic mass is 10.0. The highest BCUT2D eigenvalue weighted by atomic mass is 32.2. The highest BCUT2D eigenvalue weighted by molar-refractivity contribution is 7.89. The van der Waals surface area contributed by atoms with Crippen LogP contribution in [0.25, 0.3) is 11.0 Å². The Morgan fingerprint density at radius 1 is 1.11 bits per heavy atom. The molecule has 5 rings (SSSR count). The van der Waals surface area contributed by atoms with Crippen LogP contribution in [0.5, 0.6) is 5.75 Å². The first-order valence-electron chi connectivity index (χ1n) is 11.0. The second kappa shape index (κ2) is 9.03. The fraction of sp³-hybridized carbons (Fsp3) is 0.240. The van der Waals surface area contributed by atoms with Gasteiger partial charge in [-0.15, -0.1) is 0 Å². The average Bonchev–Trinajstić information content (AvgIpc) is 3.57. The van der Waals surface area contributed by atoms with Crippen LogP contribution in [-0.4, -0.2) is 48.0 Å². The van der Waals surface area contributed by atoms with E-state index in [-0.39, 0.29) is 18.2 Å². The third-order valence-corrected chi connectivity index (χ3v) is 6.66. The third-order valence-electron chi connectivity index (χ3n) is 5.88. The molecule has 1 aliphatic rings. The van der Waals surface area contributed by atoms with E-state index in [9.17, 15) is 13.2 Å². The van der Waals surface area contributed by atoms with Gasteiger partial charge in [-0.25, -0.2) is 18.4 Å². The molecule has 180 valence electrons. The number of hydrogen-bond donors (Lipinski definition) is 0. The number of hydrogen-bond acceptors (Lipinski definition) is 7. The van der Waals surface area contributed by atoms with Gasteiger partial charge in [0.15, 0.2) is 9.84 Å². The minimum Gasteiger partial charge on any atom is -0.497 e. The molecule has 3 heterocycles. The Bertz CT molecular complexity index is 1510. The SMILES string of the molecule is COc1ccc(C2=NN(C(=O)Cn3c(CS(C)(=O)=O)nc4ccccc43)C(c3ccco3)C2)cc1. The molecule has 0 aliphatic carbocycles. The van der Waals surface area contributed by atoms with E-state index < -0.39 is 15.9 Å². The normalized spacial score (nSPS) is 16.0. The highest BCUT2D eigenvalue weighted by Crippen LogP contribution is 2.34. The number of para-hydroxylation sites is 2. The number of carbonyl (C=O) groups excluding carboxylic acids is 1. The van der Waals surface area contributed by atoms with Crippen LogP contribution in [0.15, 0.2) is 76.4 Å². The van der Waals surface area contributed by atoms with Crippen LogP contribution in [0.3, 0.4) is 0 Å². The number of furan rings is 1. The monoisotopic (exact) mass is 492 g/mol. The van der Waals surface area contributed by atoms with E-state index in [1.54, 1.807) is 30.1 Å². The lowest BCUT2D eigenvalue weighted by Crippen LogP contribution is -2.31. The quantitative estimate of drug-likeness (QED) is 0.390. The minimum absolute atomic E-state index is 0.109. The molecule has 4 aromatic rings. The zero-order valence-corrected chi connectivity index (χ0v) is 20.1. The van der Waals surface area contributed by atoms with Crippen LogP contribution in [0, 0.1) is 0 Å². The van der Waals surface area contributed by atoms with Crippen molar-refractivity contribution in [3.63, 3.8) is 0 Å². The molecule has 0 fully saturated rings. The average molecular weight is 493 g/mol. The van der Waals surface area contributed by atoms with Crippen LogP contribution in [0.4, 0.5) is 0 Å². The van der Waals surface area contributed by atoms with Gasteiger partial charge in [-0.1, -0.05) is 12.1 Å². The van der Waals surface area contributed by atoms with Gasteiger partial charge < -0.3 is 13.7 Å². The molecular weight excluding hydrogens is 468 g/mol. The molecule has 0 saturated carbocycles. The van der Waals surface area contributed by atoms with Gasteiger partial charge in [-0.2, -0.15) is 5.10 Å². The third kappa shape index (κ3) is 4.69. The number of benzene rings is 2. The summed E-state index contributed by atoms with van der Waals surface area (Å²) in [6.07, 6.45) is 3.20. The molecule has 10 heteroatoms. The first-order valence-corrected chi connectivity index (χ1v) is 13.1. The molecule has 1 unspecified atom stereocenters. The number of carbonyl (C=O) groups is 1. The van der Waals surface area contributed by atoms with Crippen LogP contribution >= 0.6 is 0 Å². The molecule has 2 aromatic carbocycles. The molecule has 2 aromatic heterocycles. The highest BCUT2D eigenvalue weighted by Gasteiger charge is 2.35. The van der Waals surface area contributed by atoms with Gasteiger partial charge >= 0.3 is 0 Å². The molecule has 0 N–H and O–H groups in total. The van der Waals surface area contributed by atoms with Gasteiger partial charge in [-0.3, -0.25) is 4.79 Å². The number of amides is 1. The van der Waals surface area contributed by atoms with Crippen molar-refractivity contribution in [3.05, 3.63) is 84.1 Å². The summed E-state index contributed by atoms with van der Waals surface area (Å²) < 4.78 is 36.6. The molecule has 0 bridgehead atoms. The smallest absolute Gasteiger partial charge is 0.263 e. The van der Waals surface area contributed by atoms with Crippen molar-refractivity contribution in [3.8, 4) is 5.75 Å². The molecule has 35 heavy (non-hydrogen) atoms. The summed E-state index contributed by atoms with van der Waals surface area (Å²) in [6.45, 7) is -0.109. The zero-order valence-electron chi connectivity index (χ0n) is 19.3. The van der Waals surface area contributed by atoms with Crippen LogP contribution in [0.1, 0.15) is 29.6 Å². The van der Waals surface area contributed by atoms with Crippen molar-refractivity contribution < 1.29 is 22.4 Å². The number of ether oxygens (including phenoxy) is 1. The number of sulfone groups is 1.